The van der Waals surface area contributed by atoms with Gasteiger partial charge in [0.05, 0.1) is 10.7 Å². The summed E-state index contributed by atoms with van der Waals surface area (Å²) in [7, 11) is 0. The summed E-state index contributed by atoms with van der Waals surface area (Å²) < 4.78 is 19.0. The van der Waals surface area contributed by atoms with Gasteiger partial charge in [0.15, 0.2) is 5.76 Å². The van der Waals surface area contributed by atoms with Crippen LogP contribution in [0.3, 0.4) is 0 Å². The van der Waals surface area contributed by atoms with Gasteiger partial charge in [0.2, 0.25) is 5.78 Å². The van der Waals surface area contributed by atoms with Crippen LogP contribution in [0.4, 0.5) is 15.8 Å². The molecular formula is C21H14ClFN2O2. The second-order valence-corrected chi connectivity index (χ2v) is 6.54. The molecule has 4 rings (SSSR count). The zero-order valence-electron chi connectivity index (χ0n) is 14.0. The number of hydrogen-bond donors (Lipinski definition) is 2. The maximum absolute atomic E-state index is 13.2. The van der Waals surface area contributed by atoms with Crippen molar-refractivity contribution in [3.05, 3.63) is 82.8 Å². The lowest BCUT2D eigenvalue weighted by molar-refractivity contribution is 0.101. The lowest BCUT2D eigenvalue weighted by Crippen LogP contribution is -2.04. The molecule has 0 radical (unpaired) electrons. The van der Waals surface area contributed by atoms with E-state index < -0.39 is 11.6 Å². The highest BCUT2D eigenvalue weighted by Gasteiger charge is 2.22. The molecule has 0 amide bonds. The molecule has 0 fully saturated rings. The number of benzene rings is 3. The number of carbonyl (C=O) groups is 1. The Balaban J connectivity index is 1.81. The Hall–Kier alpha value is -3.31. The molecule has 4 nitrogen and oxygen atoms in total. The van der Waals surface area contributed by atoms with Gasteiger partial charge >= 0.3 is 0 Å². The molecule has 0 saturated heterocycles. The molecule has 0 aliphatic carbocycles. The molecule has 4 N–H and O–H groups in total. The smallest absolute Gasteiger partial charge is 0.231 e. The zero-order chi connectivity index (χ0) is 19.1. The van der Waals surface area contributed by atoms with Crippen LogP contribution in [0.5, 0.6) is 0 Å². The van der Waals surface area contributed by atoms with Gasteiger partial charge in [-0.3, -0.25) is 4.79 Å². The second kappa shape index (κ2) is 6.45. The Morgan fingerprint density at radius 1 is 0.963 bits per heavy atom. The van der Waals surface area contributed by atoms with E-state index in [0.29, 0.717) is 16.7 Å². The van der Waals surface area contributed by atoms with Crippen LogP contribution in [-0.2, 0) is 0 Å². The summed E-state index contributed by atoms with van der Waals surface area (Å²) in [6, 6.07) is 16.4. The summed E-state index contributed by atoms with van der Waals surface area (Å²) >= 11 is 5.99. The number of nitrogen functional groups attached to an aromatic ring is 2. The Morgan fingerprint density at radius 3 is 2.48 bits per heavy atom. The van der Waals surface area contributed by atoms with E-state index in [0.717, 1.165) is 23.3 Å². The fourth-order valence-corrected chi connectivity index (χ4v) is 3.23. The highest BCUT2D eigenvalue weighted by Crippen LogP contribution is 2.34. The first-order valence-electron chi connectivity index (χ1n) is 8.12. The van der Waals surface area contributed by atoms with E-state index in [9.17, 15) is 9.18 Å². The van der Waals surface area contributed by atoms with Crippen LogP contribution < -0.4 is 11.5 Å². The number of rotatable bonds is 3. The second-order valence-electron chi connectivity index (χ2n) is 6.13. The van der Waals surface area contributed by atoms with Crippen molar-refractivity contribution in [3.8, 4) is 11.1 Å². The molecule has 1 aromatic heterocycles. The van der Waals surface area contributed by atoms with Crippen LogP contribution in [-0.4, -0.2) is 5.78 Å². The largest absolute Gasteiger partial charge is 0.450 e. The zero-order valence-corrected chi connectivity index (χ0v) is 14.8. The minimum absolute atomic E-state index is 0.000283. The molecule has 4 aromatic rings. The van der Waals surface area contributed by atoms with Crippen molar-refractivity contribution in [2.24, 2.45) is 0 Å². The average Bonchev–Trinajstić information content (AvgIpc) is 2.97. The van der Waals surface area contributed by atoms with Crippen LogP contribution in [0.1, 0.15) is 16.1 Å². The normalized spacial score (nSPS) is 11.0. The Bertz CT molecular complexity index is 1200. The lowest BCUT2D eigenvalue weighted by atomic mass is 10.0. The van der Waals surface area contributed by atoms with Gasteiger partial charge in [-0.15, -0.1) is 0 Å². The maximum atomic E-state index is 13.2. The molecule has 0 spiro atoms. The number of ketones is 1. The van der Waals surface area contributed by atoms with Crippen molar-refractivity contribution in [3.63, 3.8) is 0 Å². The number of fused-ring (bicyclic) bond motifs is 1. The van der Waals surface area contributed by atoms with Gasteiger partial charge in [-0.1, -0.05) is 29.8 Å². The van der Waals surface area contributed by atoms with E-state index in [-0.39, 0.29) is 22.0 Å². The van der Waals surface area contributed by atoms with E-state index >= 15 is 0 Å². The predicted molar refractivity (Wildman–Crippen MR) is 105 cm³/mol. The van der Waals surface area contributed by atoms with Crippen LogP contribution in [0.2, 0.25) is 5.02 Å². The monoisotopic (exact) mass is 380 g/mol. The Morgan fingerprint density at radius 2 is 1.74 bits per heavy atom. The van der Waals surface area contributed by atoms with Crippen molar-refractivity contribution in [1.29, 1.82) is 0 Å². The molecule has 0 aliphatic rings. The van der Waals surface area contributed by atoms with E-state index in [1.165, 1.54) is 6.07 Å². The molecule has 6 heteroatoms. The quantitative estimate of drug-likeness (QED) is 0.374. The number of nitrogens with two attached hydrogens (primary N) is 2. The van der Waals surface area contributed by atoms with Crippen molar-refractivity contribution >= 4 is 39.7 Å². The Kier molecular flexibility index (Phi) is 4.09. The van der Waals surface area contributed by atoms with Gasteiger partial charge < -0.3 is 15.9 Å². The first-order chi connectivity index (χ1) is 12.9. The summed E-state index contributed by atoms with van der Waals surface area (Å²) in [4.78, 5) is 12.8. The average molecular weight is 381 g/mol. The summed E-state index contributed by atoms with van der Waals surface area (Å²) in [5, 5.41) is 0.615. The number of hydrogen-bond acceptors (Lipinski definition) is 4. The molecule has 1 heterocycles. The third kappa shape index (κ3) is 3.02. The molecule has 0 saturated carbocycles. The van der Waals surface area contributed by atoms with Gasteiger partial charge in [-0.05, 0) is 53.6 Å². The number of halogens is 2. The summed E-state index contributed by atoms with van der Waals surface area (Å²) in [6.45, 7) is 0. The van der Waals surface area contributed by atoms with Crippen molar-refractivity contribution < 1.29 is 13.6 Å². The van der Waals surface area contributed by atoms with Crippen LogP contribution >= 0.6 is 11.6 Å². The van der Waals surface area contributed by atoms with E-state index in [1.54, 1.807) is 18.2 Å². The lowest BCUT2D eigenvalue weighted by Gasteiger charge is -2.02. The highest BCUT2D eigenvalue weighted by atomic mass is 35.5. The van der Waals surface area contributed by atoms with Gasteiger partial charge in [-0.2, -0.15) is 0 Å². The van der Waals surface area contributed by atoms with Gasteiger partial charge in [0, 0.05) is 16.6 Å². The van der Waals surface area contributed by atoms with Gasteiger partial charge in [0.1, 0.15) is 11.4 Å². The molecule has 27 heavy (non-hydrogen) atoms. The highest BCUT2D eigenvalue weighted by molar-refractivity contribution is 6.35. The molecular weight excluding hydrogens is 367 g/mol. The maximum Gasteiger partial charge on any atom is 0.231 e. The minimum Gasteiger partial charge on any atom is -0.450 e. The summed E-state index contributed by atoms with van der Waals surface area (Å²) in [6.07, 6.45) is 0. The molecule has 134 valence electrons. The van der Waals surface area contributed by atoms with Crippen LogP contribution in [0.15, 0.2) is 65.1 Å². The minimum atomic E-state index is -0.527. The topological polar surface area (TPSA) is 82.2 Å². The summed E-state index contributed by atoms with van der Waals surface area (Å²) in [5.74, 6) is -1.05. The van der Waals surface area contributed by atoms with Crippen LogP contribution in [0, 0.1) is 5.82 Å². The van der Waals surface area contributed by atoms with Crippen molar-refractivity contribution in [1.82, 2.24) is 0 Å². The molecule has 3 aromatic carbocycles. The van der Waals surface area contributed by atoms with Gasteiger partial charge in [0.25, 0.3) is 0 Å². The summed E-state index contributed by atoms with van der Waals surface area (Å²) in [5.41, 5.74) is 15.2. The van der Waals surface area contributed by atoms with Crippen molar-refractivity contribution in [2.45, 2.75) is 0 Å². The molecule has 0 aliphatic heterocycles. The standard InChI is InChI=1S/C21H14ClFN2O2/c22-17-10-13(23)5-7-15(17)20(26)21-19(25)16-6-4-12(9-18(16)27-21)11-2-1-3-14(24)8-11/h1-10H,24-25H2. The molecule has 0 bridgehead atoms. The Labute approximate surface area is 159 Å². The van der Waals surface area contributed by atoms with E-state index in [2.05, 4.69) is 0 Å². The fraction of sp³-hybridized carbons (Fsp3) is 0. The van der Waals surface area contributed by atoms with Gasteiger partial charge in [-0.25, -0.2) is 4.39 Å². The first-order valence-corrected chi connectivity index (χ1v) is 8.49. The van der Waals surface area contributed by atoms with Crippen molar-refractivity contribution in [2.75, 3.05) is 11.5 Å². The predicted octanol–water partition coefficient (Wildman–Crippen LogP) is 5.29. The van der Waals surface area contributed by atoms with E-state index in [4.69, 9.17) is 27.5 Å². The molecule has 0 unspecified atom stereocenters. The number of carbonyl (C=O) groups excluding carboxylic acids is 1. The fourth-order valence-electron chi connectivity index (χ4n) is 2.98. The van der Waals surface area contributed by atoms with Crippen LogP contribution in [0.25, 0.3) is 22.1 Å². The third-order valence-electron chi connectivity index (χ3n) is 4.33. The third-order valence-corrected chi connectivity index (χ3v) is 4.64. The molecule has 0 atom stereocenters. The SMILES string of the molecule is Nc1cccc(-c2ccc3c(N)c(C(=O)c4ccc(F)cc4Cl)oc3c2)c1. The first kappa shape index (κ1) is 17.1. The number of furan rings is 1. The number of anilines is 2. The van der Waals surface area contributed by atoms with E-state index in [1.807, 2.05) is 24.3 Å².